The third-order valence-electron chi connectivity index (χ3n) is 2.72. The molecular weight excluding hydrogens is 311 g/mol. The van der Waals surface area contributed by atoms with Crippen molar-refractivity contribution in [3.63, 3.8) is 0 Å². The van der Waals surface area contributed by atoms with Gasteiger partial charge in [0.25, 0.3) is 0 Å². The van der Waals surface area contributed by atoms with Gasteiger partial charge in [-0.3, -0.25) is 0 Å². The zero-order valence-electron chi connectivity index (χ0n) is 9.13. The van der Waals surface area contributed by atoms with Gasteiger partial charge in [0, 0.05) is 5.54 Å². The lowest BCUT2D eigenvalue weighted by atomic mass is 10.3. The van der Waals surface area contributed by atoms with Gasteiger partial charge in [-0.05, 0) is 47.8 Å². The van der Waals surface area contributed by atoms with E-state index in [9.17, 15) is 12.8 Å². The minimum Gasteiger partial charge on any atom is -0.398 e. The van der Waals surface area contributed by atoms with Crippen molar-refractivity contribution >= 4 is 31.6 Å². The molecule has 1 aromatic rings. The summed E-state index contributed by atoms with van der Waals surface area (Å²) in [5.41, 5.74) is 5.06. The summed E-state index contributed by atoms with van der Waals surface area (Å²) in [6.07, 6.45) is 1.60. The molecular formula is C10H12BrFN2O2S. The Kier molecular flexibility index (Phi) is 2.95. The first kappa shape index (κ1) is 12.8. The van der Waals surface area contributed by atoms with E-state index in [1.807, 2.05) is 6.92 Å². The summed E-state index contributed by atoms with van der Waals surface area (Å²) in [6.45, 7) is 1.82. The average Bonchev–Trinajstić information content (AvgIpc) is 2.88. The highest BCUT2D eigenvalue weighted by atomic mass is 79.9. The number of nitrogen functional groups attached to an aromatic ring is 1. The zero-order valence-corrected chi connectivity index (χ0v) is 11.5. The minimum absolute atomic E-state index is 0.0769. The van der Waals surface area contributed by atoms with Gasteiger partial charge < -0.3 is 5.73 Å². The molecule has 0 amide bonds. The van der Waals surface area contributed by atoms with Crippen LogP contribution in [0.3, 0.4) is 0 Å². The second kappa shape index (κ2) is 3.93. The maximum atomic E-state index is 13.2. The van der Waals surface area contributed by atoms with E-state index in [1.165, 1.54) is 6.07 Å². The van der Waals surface area contributed by atoms with Crippen LogP contribution in [0.2, 0.25) is 0 Å². The average molecular weight is 323 g/mol. The van der Waals surface area contributed by atoms with E-state index in [0.717, 1.165) is 18.9 Å². The Hall–Kier alpha value is -0.660. The summed E-state index contributed by atoms with van der Waals surface area (Å²) in [7, 11) is -3.70. The molecule has 17 heavy (non-hydrogen) atoms. The third-order valence-corrected chi connectivity index (χ3v) is 5.02. The van der Waals surface area contributed by atoms with Crippen molar-refractivity contribution < 1.29 is 12.8 Å². The lowest BCUT2D eigenvalue weighted by Crippen LogP contribution is -2.34. The lowest BCUT2D eigenvalue weighted by molar-refractivity contribution is 0.558. The zero-order chi connectivity index (χ0) is 12.8. The van der Waals surface area contributed by atoms with Gasteiger partial charge >= 0.3 is 0 Å². The molecule has 0 heterocycles. The summed E-state index contributed by atoms with van der Waals surface area (Å²) in [5, 5.41) is 0. The van der Waals surface area contributed by atoms with E-state index in [0.29, 0.717) is 0 Å². The fourth-order valence-electron chi connectivity index (χ4n) is 1.45. The van der Waals surface area contributed by atoms with Gasteiger partial charge in [-0.2, -0.15) is 0 Å². The van der Waals surface area contributed by atoms with E-state index in [4.69, 9.17) is 5.73 Å². The first-order valence-corrected chi connectivity index (χ1v) is 7.30. The molecule has 0 radical (unpaired) electrons. The van der Waals surface area contributed by atoms with Crippen LogP contribution in [-0.2, 0) is 10.0 Å². The van der Waals surface area contributed by atoms with Gasteiger partial charge in [0.2, 0.25) is 10.0 Å². The highest BCUT2D eigenvalue weighted by molar-refractivity contribution is 9.10. The molecule has 0 aliphatic heterocycles. The van der Waals surface area contributed by atoms with Crippen LogP contribution in [0.15, 0.2) is 21.5 Å². The number of rotatable bonds is 3. The van der Waals surface area contributed by atoms with E-state index in [-0.39, 0.29) is 20.6 Å². The molecule has 4 nitrogen and oxygen atoms in total. The molecule has 94 valence electrons. The number of hydrogen-bond acceptors (Lipinski definition) is 3. The smallest absolute Gasteiger partial charge is 0.243 e. The molecule has 7 heteroatoms. The van der Waals surface area contributed by atoms with Gasteiger partial charge in [-0.15, -0.1) is 0 Å². The Labute approximate surface area is 108 Å². The predicted octanol–water partition coefficient (Wildman–Crippen LogP) is 2.00. The van der Waals surface area contributed by atoms with Crippen molar-refractivity contribution in [3.05, 3.63) is 22.4 Å². The molecule has 1 aliphatic rings. The molecule has 0 atom stereocenters. The molecule has 1 aliphatic carbocycles. The molecule has 2 rings (SSSR count). The quantitative estimate of drug-likeness (QED) is 0.836. The first-order valence-electron chi connectivity index (χ1n) is 5.02. The molecule has 1 fully saturated rings. The molecule has 0 saturated heterocycles. The summed E-state index contributed by atoms with van der Waals surface area (Å²) in [4.78, 5) is -0.0982. The van der Waals surface area contributed by atoms with E-state index in [1.54, 1.807) is 0 Å². The Bertz CT molecular complexity index is 570. The Morgan fingerprint density at radius 2 is 2.06 bits per heavy atom. The van der Waals surface area contributed by atoms with Crippen LogP contribution in [-0.4, -0.2) is 14.0 Å². The van der Waals surface area contributed by atoms with E-state index in [2.05, 4.69) is 20.7 Å². The standard InChI is InChI=1S/C10H12BrFN2O2S/c1-10(2-3-10)14-17(15,16)9-4-6(11)7(12)5-8(9)13/h4-5,14H,2-3,13H2,1H3. The summed E-state index contributed by atoms with van der Waals surface area (Å²) in [5.74, 6) is -0.584. The van der Waals surface area contributed by atoms with Crippen molar-refractivity contribution in [2.24, 2.45) is 0 Å². The van der Waals surface area contributed by atoms with Crippen LogP contribution in [0.1, 0.15) is 19.8 Å². The fourth-order valence-corrected chi connectivity index (χ4v) is 3.55. The number of nitrogens with two attached hydrogens (primary N) is 1. The third kappa shape index (κ3) is 2.61. The van der Waals surface area contributed by atoms with Gasteiger partial charge in [0.05, 0.1) is 10.2 Å². The number of benzene rings is 1. The van der Waals surface area contributed by atoms with Crippen LogP contribution in [0.4, 0.5) is 10.1 Å². The van der Waals surface area contributed by atoms with Gasteiger partial charge in [0.1, 0.15) is 10.7 Å². The van der Waals surface area contributed by atoms with Crippen LogP contribution in [0.25, 0.3) is 0 Å². The normalized spacial score (nSPS) is 18.1. The molecule has 0 aromatic heterocycles. The highest BCUT2D eigenvalue weighted by Crippen LogP contribution is 2.37. The fraction of sp³-hybridized carbons (Fsp3) is 0.400. The number of hydrogen-bond donors (Lipinski definition) is 2. The van der Waals surface area contributed by atoms with E-state index < -0.39 is 15.8 Å². The van der Waals surface area contributed by atoms with Crippen molar-refractivity contribution in [3.8, 4) is 0 Å². The molecule has 0 bridgehead atoms. The number of nitrogens with one attached hydrogen (secondary N) is 1. The van der Waals surface area contributed by atoms with Crippen LogP contribution in [0.5, 0.6) is 0 Å². The van der Waals surface area contributed by atoms with E-state index >= 15 is 0 Å². The topological polar surface area (TPSA) is 72.2 Å². The molecule has 0 spiro atoms. The van der Waals surface area contributed by atoms with Crippen molar-refractivity contribution in [1.29, 1.82) is 0 Å². The summed E-state index contributed by atoms with van der Waals surface area (Å²) >= 11 is 2.95. The summed E-state index contributed by atoms with van der Waals surface area (Å²) in [6, 6.07) is 2.17. The van der Waals surface area contributed by atoms with Crippen molar-refractivity contribution in [2.45, 2.75) is 30.2 Å². The maximum Gasteiger partial charge on any atom is 0.243 e. The summed E-state index contributed by atoms with van der Waals surface area (Å²) < 4.78 is 39.9. The van der Waals surface area contributed by atoms with Crippen LogP contribution >= 0.6 is 15.9 Å². The highest BCUT2D eigenvalue weighted by Gasteiger charge is 2.41. The number of sulfonamides is 1. The molecule has 1 saturated carbocycles. The SMILES string of the molecule is CC1(NS(=O)(=O)c2cc(Br)c(F)cc2N)CC1. The first-order chi connectivity index (χ1) is 7.73. The van der Waals surface area contributed by atoms with Crippen molar-refractivity contribution in [1.82, 2.24) is 4.72 Å². The molecule has 3 N–H and O–H groups in total. The Morgan fingerprint density at radius 1 is 1.47 bits per heavy atom. The van der Waals surface area contributed by atoms with Gasteiger partial charge in [-0.1, -0.05) is 0 Å². The monoisotopic (exact) mass is 322 g/mol. The number of anilines is 1. The second-order valence-electron chi connectivity index (χ2n) is 4.47. The predicted molar refractivity (Wildman–Crippen MR) is 66.5 cm³/mol. The van der Waals surface area contributed by atoms with Crippen LogP contribution < -0.4 is 10.5 Å². The molecule has 0 unspecified atom stereocenters. The van der Waals surface area contributed by atoms with Crippen molar-refractivity contribution in [2.75, 3.05) is 5.73 Å². The van der Waals surface area contributed by atoms with Gasteiger partial charge in [0.15, 0.2) is 0 Å². The minimum atomic E-state index is -3.70. The Balaban J connectivity index is 2.42. The largest absolute Gasteiger partial charge is 0.398 e. The van der Waals surface area contributed by atoms with Gasteiger partial charge in [-0.25, -0.2) is 17.5 Å². The second-order valence-corrected chi connectivity index (χ2v) is 6.98. The number of halogens is 2. The Morgan fingerprint density at radius 3 is 2.59 bits per heavy atom. The molecule has 1 aromatic carbocycles. The maximum absolute atomic E-state index is 13.2. The van der Waals surface area contributed by atoms with Crippen LogP contribution in [0, 0.1) is 5.82 Å². The lowest BCUT2D eigenvalue weighted by Gasteiger charge is -2.14.